The van der Waals surface area contributed by atoms with Crippen molar-refractivity contribution in [2.45, 2.75) is 91.8 Å². The highest BCUT2D eigenvalue weighted by Gasteiger charge is 2.86. The summed E-state index contributed by atoms with van der Waals surface area (Å²) in [5.74, 6) is -18.5. The van der Waals surface area contributed by atoms with Crippen LogP contribution < -0.4 is 0 Å². The lowest BCUT2D eigenvalue weighted by atomic mass is 10.0. The Morgan fingerprint density at radius 1 is 0.333 bits per heavy atom. The van der Waals surface area contributed by atoms with Gasteiger partial charge in [-0.1, -0.05) is 0 Å². The van der Waals surface area contributed by atoms with Crippen molar-refractivity contribution in [1.82, 2.24) is 0 Å². The summed E-state index contributed by atoms with van der Waals surface area (Å²) in [6, 6.07) is -5.43. The predicted octanol–water partition coefficient (Wildman–Crippen LogP) is 9.32. The first-order valence-electron chi connectivity index (χ1n) is 14.0. The van der Waals surface area contributed by atoms with E-state index < -0.39 is 149 Å². The summed E-state index contributed by atoms with van der Waals surface area (Å²) in [6.07, 6.45) is -55.9. The van der Waals surface area contributed by atoms with Gasteiger partial charge in [0.05, 0.1) is 0 Å². The molecule has 0 aromatic heterocycles. The Labute approximate surface area is 300 Å². The third kappa shape index (κ3) is 17.1. The summed E-state index contributed by atoms with van der Waals surface area (Å²) in [5.41, 5.74) is 0. The van der Waals surface area contributed by atoms with Gasteiger partial charge in [-0.15, -0.1) is 0 Å². The maximum atomic E-state index is 16.4. The maximum absolute atomic E-state index is 16.4. The van der Waals surface area contributed by atoms with Crippen LogP contribution in [0, 0.1) is 0 Å². The van der Waals surface area contributed by atoms with E-state index in [1.54, 1.807) is 0 Å². The van der Waals surface area contributed by atoms with Gasteiger partial charge in [-0.05, 0) is 0 Å². The minimum Gasteiger partial charge on any atom is -0.364 e. The van der Waals surface area contributed by atoms with Gasteiger partial charge >= 0.3 is 72.8 Å². The fourth-order valence-corrected chi connectivity index (χ4v) is 8.88. The predicted molar refractivity (Wildman–Crippen MR) is 127 cm³/mol. The summed E-state index contributed by atoms with van der Waals surface area (Å²) in [7, 11) is -13.6. The fourth-order valence-electron chi connectivity index (χ4n) is 3.96. The van der Waals surface area contributed by atoms with E-state index in [0.29, 0.717) is 0 Å². The molecule has 0 radical (unpaired) electrons. The Kier molecular flexibility index (Phi) is 16.2. The number of hydrogen-bond acceptors (Lipinski definition) is 8. The van der Waals surface area contributed by atoms with Crippen molar-refractivity contribution in [1.29, 1.82) is 0 Å². The summed E-state index contributed by atoms with van der Waals surface area (Å²) in [5, 5.41) is 0. The van der Waals surface area contributed by atoms with Crippen molar-refractivity contribution in [3.8, 4) is 0 Å². The minimum absolute atomic E-state index is 2.71. The third-order valence-electron chi connectivity index (χ3n) is 6.15. The second kappa shape index (κ2) is 17.3. The van der Waals surface area contributed by atoms with Crippen LogP contribution in [0.1, 0.15) is 12.8 Å². The first-order valence-corrected chi connectivity index (χ1v) is 17.8. The Balaban J connectivity index is 4.04. The van der Waals surface area contributed by atoms with Crippen LogP contribution in [0.2, 0.25) is 12.1 Å². The average molecular weight is 951 g/mol. The highest BCUT2D eigenvalue weighted by molar-refractivity contribution is 6.61. The minimum atomic E-state index is -7.36. The Morgan fingerprint density at radius 2 is 0.509 bits per heavy atom. The number of ether oxygens (including phenoxy) is 2. The molecule has 1 saturated heterocycles. The molecule has 1 fully saturated rings. The van der Waals surface area contributed by atoms with Crippen LogP contribution in [-0.2, 0) is 36.0 Å². The van der Waals surface area contributed by atoms with Crippen LogP contribution in [0.25, 0.3) is 0 Å². The van der Waals surface area contributed by atoms with Crippen LogP contribution in [0.15, 0.2) is 0 Å². The van der Waals surface area contributed by atoms with E-state index in [0.717, 1.165) is 0 Å². The second-order valence-electron chi connectivity index (χ2n) is 11.1. The van der Waals surface area contributed by atoms with Gasteiger partial charge in [0, 0.05) is 24.9 Å². The normalized spacial score (nSPS) is 22.4. The summed E-state index contributed by atoms with van der Waals surface area (Å²) < 4.78 is 378. The molecular formula is C21H20F26O8Si2. The van der Waals surface area contributed by atoms with E-state index >= 15 is 8.78 Å². The molecule has 1 heterocycles. The SMILES string of the molecule is FC(F)(F)CO[Si](CCC1(F)OC(C(F)(F)F)(C(F)(F)F)OC1(F)CC[Si](OCC(F)(F)F)(OCC(F)(F)F)OCC(F)(F)F)(OCC(F)(F)F)OCC(F)(F)F. The zero-order chi connectivity index (χ0) is 45.2. The summed E-state index contributed by atoms with van der Waals surface area (Å²) in [4.78, 5) is 0. The number of rotatable bonds is 18. The quantitative estimate of drug-likeness (QED) is 0.0996. The third-order valence-corrected chi connectivity index (χ3v) is 11.4. The van der Waals surface area contributed by atoms with Gasteiger partial charge in [-0.25, -0.2) is 8.78 Å². The molecular weight excluding hydrogens is 930 g/mol. The monoisotopic (exact) mass is 950 g/mol. The maximum Gasteiger partial charge on any atom is 0.502 e. The fraction of sp³-hybridized carbons (Fsp3) is 1.00. The first-order chi connectivity index (χ1) is 24.8. The molecule has 342 valence electrons. The highest BCUT2D eigenvalue weighted by atomic mass is 28.4. The van der Waals surface area contributed by atoms with Crippen LogP contribution in [-0.4, -0.2) is 124 Å². The van der Waals surface area contributed by atoms with E-state index in [9.17, 15) is 105 Å². The van der Waals surface area contributed by atoms with Crippen molar-refractivity contribution in [2.75, 3.05) is 39.6 Å². The molecule has 36 heteroatoms. The van der Waals surface area contributed by atoms with Gasteiger partial charge in [-0.3, -0.25) is 9.47 Å². The van der Waals surface area contributed by atoms with Gasteiger partial charge in [0.15, 0.2) is 0 Å². The average Bonchev–Trinajstić information content (AvgIpc) is 3.21. The topological polar surface area (TPSA) is 73.8 Å². The molecule has 0 saturated carbocycles. The lowest BCUT2D eigenvalue weighted by Crippen LogP contribution is -2.59. The van der Waals surface area contributed by atoms with Gasteiger partial charge in [0.1, 0.15) is 39.6 Å². The van der Waals surface area contributed by atoms with E-state index in [2.05, 4.69) is 36.0 Å². The molecule has 0 spiro atoms. The van der Waals surface area contributed by atoms with Gasteiger partial charge in [0.2, 0.25) is 0 Å². The van der Waals surface area contributed by atoms with E-state index in [-0.39, 0.29) is 0 Å². The van der Waals surface area contributed by atoms with Crippen LogP contribution in [0.5, 0.6) is 0 Å². The van der Waals surface area contributed by atoms with E-state index in [1.807, 2.05) is 0 Å². The van der Waals surface area contributed by atoms with Gasteiger partial charge < -0.3 is 26.6 Å². The largest absolute Gasteiger partial charge is 0.502 e. The molecule has 0 aromatic carbocycles. The van der Waals surface area contributed by atoms with Crippen LogP contribution in [0.3, 0.4) is 0 Å². The standard InChI is InChI=1S/C21H20F26O8Si2/c22-11(1-3-56(48-5-13(24,25)26,49-6-14(27,28)29)50-7-15(30,31)32)12(23,55-19(54-11,20(42,43)44)21(45,46)47)2-4-57(51-8-16(33,34)35,52-9-17(36,37)38)53-10-18(39,40)41/h1-10H2. The van der Waals surface area contributed by atoms with E-state index in [1.165, 1.54) is 0 Å². The van der Waals surface area contributed by atoms with Gasteiger partial charge in [0.25, 0.3) is 11.7 Å². The molecule has 57 heavy (non-hydrogen) atoms. The van der Waals surface area contributed by atoms with Crippen molar-refractivity contribution >= 4 is 17.6 Å². The van der Waals surface area contributed by atoms with Crippen molar-refractivity contribution < 1.29 is 150 Å². The molecule has 0 amide bonds. The molecule has 8 nitrogen and oxygen atoms in total. The van der Waals surface area contributed by atoms with Crippen LogP contribution >= 0.6 is 0 Å². The zero-order valence-corrected chi connectivity index (χ0v) is 28.7. The number of alkyl halides is 26. The highest BCUT2D eigenvalue weighted by Crippen LogP contribution is 2.61. The van der Waals surface area contributed by atoms with Crippen LogP contribution in [0.4, 0.5) is 114 Å². The lowest BCUT2D eigenvalue weighted by molar-refractivity contribution is -0.459. The van der Waals surface area contributed by atoms with Crippen molar-refractivity contribution in [3.05, 3.63) is 0 Å². The second-order valence-corrected chi connectivity index (χ2v) is 16.5. The molecule has 0 bridgehead atoms. The molecule has 0 aliphatic carbocycles. The summed E-state index contributed by atoms with van der Waals surface area (Å²) in [6.45, 7) is -18.3. The Hall–Kier alpha value is -1.71. The van der Waals surface area contributed by atoms with Crippen molar-refractivity contribution in [3.63, 3.8) is 0 Å². The summed E-state index contributed by atoms with van der Waals surface area (Å²) >= 11 is 0. The molecule has 0 N–H and O–H groups in total. The Morgan fingerprint density at radius 3 is 0.649 bits per heavy atom. The first kappa shape index (κ1) is 53.3. The number of hydrogen-bond donors (Lipinski definition) is 0. The molecule has 1 aliphatic rings. The molecule has 0 aromatic rings. The molecule has 2 unspecified atom stereocenters. The zero-order valence-electron chi connectivity index (χ0n) is 26.7. The molecule has 1 rings (SSSR count). The van der Waals surface area contributed by atoms with Gasteiger partial charge in [-0.2, -0.15) is 105 Å². The van der Waals surface area contributed by atoms with E-state index in [4.69, 9.17) is 0 Å². The molecule has 1 aliphatic heterocycles. The number of halogens is 26. The smallest absolute Gasteiger partial charge is 0.364 e. The Bertz CT molecular complexity index is 1090. The lowest BCUT2D eigenvalue weighted by Gasteiger charge is -2.36. The van der Waals surface area contributed by atoms with Crippen molar-refractivity contribution in [2.24, 2.45) is 0 Å². The molecule has 2 atom stereocenters.